The van der Waals surface area contributed by atoms with E-state index in [2.05, 4.69) is 39.6 Å². The van der Waals surface area contributed by atoms with E-state index in [1.807, 2.05) is 30.8 Å². The van der Waals surface area contributed by atoms with Gasteiger partial charge in [0.2, 0.25) is 0 Å². The predicted octanol–water partition coefficient (Wildman–Crippen LogP) is 2.49. The Balaban J connectivity index is 2.05. The van der Waals surface area contributed by atoms with E-state index >= 15 is 0 Å². The van der Waals surface area contributed by atoms with E-state index in [0.717, 1.165) is 28.1 Å². The molecule has 0 spiro atoms. The maximum absolute atomic E-state index is 6.20. The molecule has 1 fully saturated rings. The van der Waals surface area contributed by atoms with Gasteiger partial charge in [0.05, 0.1) is 22.6 Å². The molecule has 2 aromatic heterocycles. The normalized spacial score (nSPS) is 19.3. The number of rotatable bonds is 2. The van der Waals surface area contributed by atoms with Crippen LogP contribution in [-0.4, -0.2) is 33.1 Å². The summed E-state index contributed by atoms with van der Waals surface area (Å²) in [5.41, 5.74) is 4.38. The highest BCUT2D eigenvalue weighted by atomic mass is 16.7. The first-order valence-electron chi connectivity index (χ1n) is 7.97. The van der Waals surface area contributed by atoms with Crippen molar-refractivity contribution in [1.29, 1.82) is 0 Å². The highest BCUT2D eigenvalue weighted by Crippen LogP contribution is 2.37. The topological polar surface area (TPSA) is 49.2 Å². The van der Waals surface area contributed by atoms with Gasteiger partial charge in [-0.05, 0) is 60.1 Å². The van der Waals surface area contributed by atoms with E-state index in [9.17, 15) is 0 Å². The molecule has 23 heavy (non-hydrogen) atoms. The van der Waals surface area contributed by atoms with Crippen molar-refractivity contribution in [3.8, 4) is 5.69 Å². The summed E-state index contributed by atoms with van der Waals surface area (Å²) < 4.78 is 14.4. The van der Waals surface area contributed by atoms with Gasteiger partial charge in [0, 0.05) is 23.6 Å². The molecule has 1 aliphatic heterocycles. The van der Waals surface area contributed by atoms with Gasteiger partial charge >= 0.3 is 7.12 Å². The first-order chi connectivity index (χ1) is 10.6. The van der Waals surface area contributed by atoms with Crippen LogP contribution in [0.15, 0.2) is 18.5 Å². The third-order valence-electron chi connectivity index (χ3n) is 5.06. The Morgan fingerprint density at radius 2 is 1.65 bits per heavy atom. The summed E-state index contributed by atoms with van der Waals surface area (Å²) in [6, 6.07) is 1.97. The van der Waals surface area contributed by atoms with Crippen molar-refractivity contribution in [2.75, 3.05) is 0 Å². The van der Waals surface area contributed by atoms with E-state index in [1.54, 1.807) is 6.20 Å². The van der Waals surface area contributed by atoms with Crippen LogP contribution in [0.2, 0.25) is 0 Å². The van der Waals surface area contributed by atoms with Crippen LogP contribution in [0.3, 0.4) is 0 Å². The zero-order valence-electron chi connectivity index (χ0n) is 15.0. The molecule has 2 aromatic rings. The number of aryl methyl sites for hydroxylation is 2. The number of pyridine rings is 1. The first-order valence-corrected chi connectivity index (χ1v) is 7.97. The summed E-state index contributed by atoms with van der Waals surface area (Å²) in [5.74, 6) is 0. The molecule has 6 heteroatoms. The van der Waals surface area contributed by atoms with E-state index in [-0.39, 0.29) is 11.2 Å². The van der Waals surface area contributed by atoms with Crippen molar-refractivity contribution in [1.82, 2.24) is 14.8 Å². The number of nitrogens with zero attached hydrogens (tertiary/aromatic N) is 3. The molecule has 0 saturated carbocycles. The lowest BCUT2D eigenvalue weighted by Crippen LogP contribution is -2.41. The van der Waals surface area contributed by atoms with Crippen molar-refractivity contribution in [2.24, 2.45) is 0 Å². The van der Waals surface area contributed by atoms with Crippen molar-refractivity contribution in [2.45, 2.75) is 59.7 Å². The molecule has 0 radical (unpaired) electrons. The molecule has 0 aromatic carbocycles. The smallest absolute Gasteiger partial charge is 0.399 e. The summed E-state index contributed by atoms with van der Waals surface area (Å²) in [4.78, 5) is 4.15. The van der Waals surface area contributed by atoms with Gasteiger partial charge in [-0.25, -0.2) is 4.68 Å². The zero-order valence-corrected chi connectivity index (χ0v) is 15.0. The lowest BCUT2D eigenvalue weighted by Gasteiger charge is -2.32. The predicted molar refractivity (Wildman–Crippen MR) is 91.3 cm³/mol. The summed E-state index contributed by atoms with van der Waals surface area (Å²) in [6.07, 6.45) is 3.63. The second kappa shape index (κ2) is 5.18. The first kappa shape index (κ1) is 16.2. The molecule has 3 heterocycles. The quantitative estimate of drug-likeness (QED) is 0.799. The number of hydrogen-bond acceptors (Lipinski definition) is 4. The van der Waals surface area contributed by atoms with Crippen LogP contribution in [-0.2, 0) is 9.31 Å². The lowest BCUT2D eigenvalue weighted by atomic mass is 9.77. The average Bonchev–Trinajstić information content (AvgIpc) is 2.83. The minimum Gasteiger partial charge on any atom is -0.399 e. The van der Waals surface area contributed by atoms with Crippen LogP contribution in [0, 0.1) is 20.8 Å². The maximum Gasteiger partial charge on any atom is 0.498 e. The third-order valence-corrected chi connectivity index (χ3v) is 5.06. The van der Waals surface area contributed by atoms with Gasteiger partial charge in [-0.1, -0.05) is 0 Å². The molecule has 0 amide bonds. The molecule has 0 N–H and O–H groups in total. The number of aromatic nitrogens is 3. The second-order valence-electron chi connectivity index (χ2n) is 7.25. The minimum absolute atomic E-state index is 0.356. The Kier molecular flexibility index (Phi) is 3.65. The molecule has 0 bridgehead atoms. The van der Waals surface area contributed by atoms with Crippen LogP contribution < -0.4 is 5.46 Å². The fraction of sp³-hybridized carbons (Fsp3) is 0.529. The van der Waals surface area contributed by atoms with Crippen LogP contribution in [0.5, 0.6) is 0 Å². The van der Waals surface area contributed by atoms with E-state index in [1.165, 1.54) is 0 Å². The highest BCUT2D eigenvalue weighted by Gasteiger charge is 2.53. The van der Waals surface area contributed by atoms with Gasteiger partial charge in [-0.2, -0.15) is 5.10 Å². The molecule has 0 unspecified atom stereocenters. The second-order valence-corrected chi connectivity index (χ2v) is 7.25. The standard InChI is InChI=1S/C17H24BN3O2/c1-11-10-19-9-8-14(11)21-13(3)15(12(2)20-21)18-22-16(4,5)17(6,7)23-18/h8-10H,1-7H3. The average molecular weight is 313 g/mol. The third kappa shape index (κ3) is 2.50. The van der Waals surface area contributed by atoms with E-state index in [4.69, 9.17) is 14.4 Å². The van der Waals surface area contributed by atoms with Crippen LogP contribution >= 0.6 is 0 Å². The molecule has 1 saturated heterocycles. The minimum atomic E-state index is -0.393. The molecular weight excluding hydrogens is 289 g/mol. The fourth-order valence-electron chi connectivity index (χ4n) is 2.90. The Morgan fingerprint density at radius 3 is 2.22 bits per heavy atom. The van der Waals surface area contributed by atoms with Gasteiger partial charge in [-0.15, -0.1) is 0 Å². The summed E-state index contributed by atoms with van der Waals surface area (Å²) >= 11 is 0. The lowest BCUT2D eigenvalue weighted by molar-refractivity contribution is 0.00578. The van der Waals surface area contributed by atoms with Crippen LogP contribution in [0.1, 0.15) is 44.6 Å². The molecule has 0 aliphatic carbocycles. The van der Waals surface area contributed by atoms with Gasteiger partial charge in [-0.3, -0.25) is 4.98 Å². The Hall–Kier alpha value is -1.66. The molecule has 3 rings (SSSR count). The van der Waals surface area contributed by atoms with Gasteiger partial charge < -0.3 is 9.31 Å². The monoisotopic (exact) mass is 313 g/mol. The summed E-state index contributed by atoms with van der Waals surface area (Å²) in [5, 5.41) is 4.71. The highest BCUT2D eigenvalue weighted by molar-refractivity contribution is 6.63. The van der Waals surface area contributed by atoms with Gasteiger partial charge in [0.1, 0.15) is 0 Å². The van der Waals surface area contributed by atoms with Crippen molar-refractivity contribution in [3.05, 3.63) is 35.4 Å². The van der Waals surface area contributed by atoms with Gasteiger partial charge in [0.15, 0.2) is 0 Å². The Labute approximate surface area is 138 Å². The van der Waals surface area contributed by atoms with Gasteiger partial charge in [0.25, 0.3) is 0 Å². The fourth-order valence-corrected chi connectivity index (χ4v) is 2.90. The van der Waals surface area contributed by atoms with Crippen molar-refractivity contribution >= 4 is 12.6 Å². The Bertz CT molecular complexity index is 736. The molecule has 1 aliphatic rings. The summed E-state index contributed by atoms with van der Waals surface area (Å²) in [6.45, 7) is 14.3. The maximum atomic E-state index is 6.20. The molecule has 5 nitrogen and oxygen atoms in total. The Morgan fingerprint density at radius 1 is 1.04 bits per heavy atom. The van der Waals surface area contributed by atoms with E-state index < -0.39 is 7.12 Å². The summed E-state index contributed by atoms with van der Waals surface area (Å²) in [7, 11) is -0.393. The largest absolute Gasteiger partial charge is 0.498 e. The van der Waals surface area contributed by atoms with E-state index in [0.29, 0.717) is 0 Å². The van der Waals surface area contributed by atoms with Crippen molar-refractivity contribution in [3.63, 3.8) is 0 Å². The van der Waals surface area contributed by atoms with Crippen LogP contribution in [0.4, 0.5) is 0 Å². The molecule has 122 valence electrons. The zero-order chi connectivity index (χ0) is 17.0. The molecule has 0 atom stereocenters. The molecular formula is C17H24BN3O2. The number of hydrogen-bond donors (Lipinski definition) is 0. The van der Waals surface area contributed by atoms with Crippen LogP contribution in [0.25, 0.3) is 5.69 Å². The SMILES string of the molecule is Cc1cnccc1-n1nc(C)c(B2OC(C)(C)C(C)(C)O2)c1C. The van der Waals surface area contributed by atoms with Crippen molar-refractivity contribution < 1.29 is 9.31 Å².